The van der Waals surface area contributed by atoms with Crippen LogP contribution in [0.15, 0.2) is 42.7 Å². The number of benzene rings is 1. The molecule has 1 aliphatic heterocycles. The van der Waals surface area contributed by atoms with Gasteiger partial charge in [0.15, 0.2) is 0 Å². The molecule has 1 unspecified atom stereocenters. The molecule has 3 rings (SSSR count). The number of para-hydroxylation sites is 1. The SMILES string of the molecule is Cl.NCC1CCCN1Cc1nccn1-c1ccccc1. The molecule has 0 bridgehead atoms. The number of likely N-dealkylation sites (tertiary alicyclic amines) is 1. The zero-order valence-corrected chi connectivity index (χ0v) is 12.3. The summed E-state index contributed by atoms with van der Waals surface area (Å²) in [5.74, 6) is 1.09. The van der Waals surface area contributed by atoms with Crippen LogP contribution >= 0.6 is 12.4 Å². The van der Waals surface area contributed by atoms with E-state index in [0.29, 0.717) is 6.04 Å². The smallest absolute Gasteiger partial charge is 0.127 e. The van der Waals surface area contributed by atoms with Gasteiger partial charge in [-0.05, 0) is 31.5 Å². The van der Waals surface area contributed by atoms with Crippen molar-refractivity contribution in [2.24, 2.45) is 5.73 Å². The van der Waals surface area contributed by atoms with Gasteiger partial charge in [0.2, 0.25) is 0 Å². The predicted octanol–water partition coefficient (Wildman–Crippen LogP) is 2.22. The fraction of sp³-hybridized carbons (Fsp3) is 0.400. The molecule has 1 aliphatic rings. The Balaban J connectivity index is 0.00000147. The van der Waals surface area contributed by atoms with Gasteiger partial charge in [-0.15, -0.1) is 12.4 Å². The Morgan fingerprint density at radius 3 is 2.80 bits per heavy atom. The van der Waals surface area contributed by atoms with Crippen molar-refractivity contribution in [3.8, 4) is 5.69 Å². The van der Waals surface area contributed by atoms with Crippen LogP contribution in [0, 0.1) is 0 Å². The van der Waals surface area contributed by atoms with Gasteiger partial charge >= 0.3 is 0 Å². The second-order valence-corrected chi connectivity index (χ2v) is 5.05. The number of aromatic nitrogens is 2. The van der Waals surface area contributed by atoms with Gasteiger partial charge in [-0.3, -0.25) is 4.90 Å². The van der Waals surface area contributed by atoms with E-state index in [1.165, 1.54) is 18.5 Å². The Labute approximate surface area is 126 Å². The van der Waals surface area contributed by atoms with Crippen LogP contribution in [-0.2, 0) is 6.54 Å². The Kier molecular flexibility index (Phi) is 5.17. The average Bonchev–Trinajstić information content (AvgIpc) is 3.09. The third-order valence-electron chi connectivity index (χ3n) is 3.87. The van der Waals surface area contributed by atoms with Crippen LogP contribution in [0.25, 0.3) is 5.69 Å². The van der Waals surface area contributed by atoms with Gasteiger partial charge in [0, 0.05) is 30.7 Å². The van der Waals surface area contributed by atoms with Crippen LogP contribution in [0.5, 0.6) is 0 Å². The standard InChI is InChI=1S/C15H20N4.ClH/c16-11-14-7-4-9-18(14)12-15-17-8-10-19(15)13-5-2-1-3-6-13;/h1-3,5-6,8,10,14H,4,7,9,11-12,16H2;1H. The Bertz CT molecular complexity index is 526. The molecule has 0 amide bonds. The molecule has 2 aromatic rings. The first-order valence-corrected chi connectivity index (χ1v) is 6.90. The van der Waals surface area contributed by atoms with Crippen molar-refractivity contribution in [2.75, 3.05) is 13.1 Å². The van der Waals surface area contributed by atoms with Crippen LogP contribution in [0.2, 0.25) is 0 Å². The Morgan fingerprint density at radius 2 is 2.05 bits per heavy atom. The molecule has 0 aliphatic carbocycles. The summed E-state index contributed by atoms with van der Waals surface area (Å²) in [4.78, 5) is 6.95. The first kappa shape index (κ1) is 15.0. The molecule has 1 saturated heterocycles. The van der Waals surface area contributed by atoms with E-state index in [-0.39, 0.29) is 12.4 Å². The lowest BCUT2D eigenvalue weighted by Gasteiger charge is -2.23. The molecule has 0 saturated carbocycles. The molecule has 20 heavy (non-hydrogen) atoms. The molecule has 1 atom stereocenters. The van der Waals surface area contributed by atoms with Crippen molar-refractivity contribution in [3.63, 3.8) is 0 Å². The van der Waals surface area contributed by atoms with Gasteiger partial charge in [-0.25, -0.2) is 4.98 Å². The van der Waals surface area contributed by atoms with Crippen LogP contribution < -0.4 is 5.73 Å². The quantitative estimate of drug-likeness (QED) is 0.940. The number of hydrogen-bond donors (Lipinski definition) is 1. The van der Waals surface area contributed by atoms with Crippen molar-refractivity contribution in [1.82, 2.24) is 14.5 Å². The molecule has 108 valence electrons. The third kappa shape index (κ3) is 3.03. The highest BCUT2D eigenvalue weighted by Crippen LogP contribution is 2.20. The van der Waals surface area contributed by atoms with E-state index in [4.69, 9.17) is 5.73 Å². The molecular formula is C15H21ClN4. The van der Waals surface area contributed by atoms with Crippen molar-refractivity contribution in [2.45, 2.75) is 25.4 Å². The summed E-state index contributed by atoms with van der Waals surface area (Å²) in [6.45, 7) is 2.75. The van der Waals surface area contributed by atoms with E-state index in [1.807, 2.05) is 18.5 Å². The minimum atomic E-state index is 0. The molecule has 2 heterocycles. The summed E-state index contributed by atoms with van der Waals surface area (Å²) in [6, 6.07) is 10.9. The van der Waals surface area contributed by atoms with Gasteiger partial charge in [0.25, 0.3) is 0 Å². The predicted molar refractivity (Wildman–Crippen MR) is 83.3 cm³/mol. The monoisotopic (exact) mass is 292 g/mol. The van der Waals surface area contributed by atoms with Gasteiger partial charge < -0.3 is 10.3 Å². The number of hydrogen-bond acceptors (Lipinski definition) is 3. The maximum atomic E-state index is 5.83. The summed E-state index contributed by atoms with van der Waals surface area (Å²) in [5, 5.41) is 0. The molecule has 2 N–H and O–H groups in total. The largest absolute Gasteiger partial charge is 0.329 e. The Morgan fingerprint density at radius 1 is 1.25 bits per heavy atom. The number of nitrogens with two attached hydrogens (primary N) is 1. The topological polar surface area (TPSA) is 47.1 Å². The Hall–Kier alpha value is -1.36. The number of rotatable bonds is 4. The van der Waals surface area contributed by atoms with E-state index in [0.717, 1.165) is 25.5 Å². The lowest BCUT2D eigenvalue weighted by molar-refractivity contribution is 0.243. The van der Waals surface area contributed by atoms with Crippen LogP contribution in [0.3, 0.4) is 0 Å². The van der Waals surface area contributed by atoms with Crippen LogP contribution in [0.4, 0.5) is 0 Å². The maximum absolute atomic E-state index is 5.83. The summed E-state index contributed by atoms with van der Waals surface area (Å²) >= 11 is 0. The van der Waals surface area contributed by atoms with Crippen molar-refractivity contribution < 1.29 is 0 Å². The van der Waals surface area contributed by atoms with Gasteiger partial charge in [0.1, 0.15) is 5.82 Å². The summed E-state index contributed by atoms with van der Waals surface area (Å²) < 4.78 is 2.16. The fourth-order valence-electron chi connectivity index (χ4n) is 2.83. The number of imidazole rings is 1. The lowest BCUT2D eigenvalue weighted by atomic mass is 10.2. The zero-order valence-electron chi connectivity index (χ0n) is 11.5. The summed E-state index contributed by atoms with van der Waals surface area (Å²) in [7, 11) is 0. The van der Waals surface area contributed by atoms with E-state index >= 15 is 0 Å². The minimum Gasteiger partial charge on any atom is -0.329 e. The average molecular weight is 293 g/mol. The van der Waals surface area contributed by atoms with Gasteiger partial charge in [-0.1, -0.05) is 18.2 Å². The van der Waals surface area contributed by atoms with Crippen LogP contribution in [0.1, 0.15) is 18.7 Å². The highest BCUT2D eigenvalue weighted by molar-refractivity contribution is 5.85. The number of nitrogens with zero attached hydrogens (tertiary/aromatic N) is 3. The zero-order chi connectivity index (χ0) is 13.1. The van der Waals surface area contributed by atoms with Gasteiger partial charge in [0.05, 0.1) is 6.54 Å². The number of halogens is 1. The maximum Gasteiger partial charge on any atom is 0.127 e. The molecule has 1 fully saturated rings. The first-order valence-electron chi connectivity index (χ1n) is 6.90. The summed E-state index contributed by atoms with van der Waals surface area (Å²) in [6.07, 6.45) is 6.35. The molecule has 1 aromatic heterocycles. The molecule has 1 aromatic carbocycles. The molecule has 0 radical (unpaired) electrons. The van der Waals surface area contributed by atoms with Crippen molar-refractivity contribution >= 4 is 12.4 Å². The van der Waals surface area contributed by atoms with Gasteiger partial charge in [-0.2, -0.15) is 0 Å². The molecule has 5 heteroatoms. The van der Waals surface area contributed by atoms with Crippen molar-refractivity contribution in [1.29, 1.82) is 0 Å². The second kappa shape index (κ2) is 6.88. The highest BCUT2D eigenvalue weighted by Gasteiger charge is 2.24. The molecule has 0 spiro atoms. The lowest BCUT2D eigenvalue weighted by Crippen LogP contribution is -2.35. The van der Waals surface area contributed by atoms with E-state index < -0.39 is 0 Å². The second-order valence-electron chi connectivity index (χ2n) is 5.05. The third-order valence-corrected chi connectivity index (χ3v) is 3.87. The minimum absolute atomic E-state index is 0. The molecule has 4 nitrogen and oxygen atoms in total. The fourth-order valence-corrected chi connectivity index (χ4v) is 2.83. The normalized spacial score (nSPS) is 18.9. The van der Waals surface area contributed by atoms with E-state index in [1.54, 1.807) is 0 Å². The van der Waals surface area contributed by atoms with Crippen LogP contribution in [-0.4, -0.2) is 33.6 Å². The van der Waals surface area contributed by atoms with Crippen molar-refractivity contribution in [3.05, 3.63) is 48.5 Å². The first-order chi connectivity index (χ1) is 9.38. The highest BCUT2D eigenvalue weighted by atomic mass is 35.5. The van der Waals surface area contributed by atoms with E-state index in [2.05, 4.69) is 38.7 Å². The summed E-state index contributed by atoms with van der Waals surface area (Å²) in [5.41, 5.74) is 7.00. The van der Waals surface area contributed by atoms with E-state index in [9.17, 15) is 0 Å². The molecular weight excluding hydrogens is 272 g/mol.